The van der Waals surface area contributed by atoms with Gasteiger partial charge in [0.05, 0.1) is 25.0 Å². The average Bonchev–Trinajstić information content (AvgIpc) is 3.25. The van der Waals surface area contributed by atoms with Crippen LogP contribution in [0.1, 0.15) is 25.5 Å². The second kappa shape index (κ2) is 9.36. The minimum Gasteiger partial charge on any atom is -0.497 e. The number of thiophene rings is 1. The highest BCUT2D eigenvalue weighted by atomic mass is 32.1. The zero-order valence-corrected chi connectivity index (χ0v) is 19.1. The van der Waals surface area contributed by atoms with E-state index in [-0.39, 0.29) is 30.0 Å². The average molecular weight is 448 g/mol. The van der Waals surface area contributed by atoms with Gasteiger partial charge in [0.2, 0.25) is 5.91 Å². The van der Waals surface area contributed by atoms with E-state index in [4.69, 9.17) is 4.74 Å². The molecule has 4 rings (SSSR count). The Hall–Kier alpha value is -3.45. The van der Waals surface area contributed by atoms with Gasteiger partial charge in [0.15, 0.2) is 0 Å². The molecule has 0 spiro atoms. The molecule has 0 aliphatic rings. The molecule has 0 fully saturated rings. The van der Waals surface area contributed by atoms with Crippen molar-refractivity contribution in [1.82, 2.24) is 14.9 Å². The fourth-order valence-electron chi connectivity index (χ4n) is 3.62. The molecule has 0 unspecified atom stereocenters. The molecule has 1 atom stereocenters. The number of fused-ring (bicyclic) bond motifs is 1. The third-order valence-corrected chi connectivity index (χ3v) is 6.50. The SMILES string of the molecule is COc1ccc(-c2cc3ncn(CC(=O)N[C@@H](c4ccccc4)C(C)C)c(=O)c3s2)cc1. The van der Waals surface area contributed by atoms with Crippen LogP contribution < -0.4 is 15.6 Å². The highest BCUT2D eigenvalue weighted by Crippen LogP contribution is 2.31. The van der Waals surface area contributed by atoms with Gasteiger partial charge in [-0.25, -0.2) is 4.98 Å². The molecule has 0 saturated carbocycles. The first-order chi connectivity index (χ1) is 15.5. The predicted octanol–water partition coefficient (Wildman–Crippen LogP) is 4.65. The number of nitrogens with one attached hydrogen (secondary N) is 1. The van der Waals surface area contributed by atoms with E-state index in [0.717, 1.165) is 21.8 Å². The molecule has 7 heteroatoms. The highest BCUT2D eigenvalue weighted by Gasteiger charge is 2.19. The molecule has 0 aliphatic heterocycles. The van der Waals surface area contributed by atoms with E-state index in [1.54, 1.807) is 7.11 Å². The zero-order chi connectivity index (χ0) is 22.7. The third kappa shape index (κ3) is 4.57. The van der Waals surface area contributed by atoms with Crippen LogP contribution >= 0.6 is 11.3 Å². The molecule has 0 saturated heterocycles. The Morgan fingerprint density at radius 2 is 1.84 bits per heavy atom. The van der Waals surface area contributed by atoms with Gasteiger partial charge in [0, 0.05) is 4.88 Å². The summed E-state index contributed by atoms with van der Waals surface area (Å²) in [5, 5.41) is 3.06. The van der Waals surface area contributed by atoms with Crippen LogP contribution in [0.25, 0.3) is 20.7 Å². The van der Waals surface area contributed by atoms with E-state index in [1.165, 1.54) is 22.2 Å². The van der Waals surface area contributed by atoms with E-state index < -0.39 is 0 Å². The Balaban J connectivity index is 1.56. The number of amides is 1. The molecule has 0 radical (unpaired) electrons. The van der Waals surface area contributed by atoms with Crippen molar-refractivity contribution in [3.8, 4) is 16.2 Å². The number of carbonyl (C=O) groups is 1. The number of benzene rings is 2. The summed E-state index contributed by atoms with van der Waals surface area (Å²) in [6.45, 7) is 4.04. The van der Waals surface area contributed by atoms with Gasteiger partial charge in [-0.15, -0.1) is 11.3 Å². The van der Waals surface area contributed by atoms with Crippen LogP contribution in [-0.4, -0.2) is 22.6 Å². The molecule has 32 heavy (non-hydrogen) atoms. The molecule has 4 aromatic rings. The van der Waals surface area contributed by atoms with E-state index in [9.17, 15) is 9.59 Å². The van der Waals surface area contributed by atoms with Gasteiger partial charge in [0.1, 0.15) is 17.0 Å². The Bertz CT molecular complexity index is 1280. The van der Waals surface area contributed by atoms with Crippen molar-refractivity contribution in [2.75, 3.05) is 7.11 Å². The van der Waals surface area contributed by atoms with Crippen LogP contribution in [0.5, 0.6) is 5.75 Å². The number of aromatic nitrogens is 2. The van der Waals surface area contributed by atoms with E-state index in [0.29, 0.717) is 10.2 Å². The standard InChI is InChI=1S/C25H25N3O3S/c1-16(2)23(18-7-5-4-6-8-18)27-22(29)14-28-15-26-20-13-21(32-24(20)25(28)30)17-9-11-19(31-3)12-10-17/h4-13,15-16,23H,14H2,1-3H3,(H,27,29)/t23-/m1/s1. The van der Waals surface area contributed by atoms with Gasteiger partial charge in [-0.2, -0.15) is 0 Å². The molecule has 2 aromatic carbocycles. The summed E-state index contributed by atoms with van der Waals surface area (Å²) in [5.41, 5.74) is 2.45. The van der Waals surface area contributed by atoms with E-state index >= 15 is 0 Å². The second-order valence-electron chi connectivity index (χ2n) is 7.93. The van der Waals surface area contributed by atoms with Gasteiger partial charge in [-0.1, -0.05) is 44.2 Å². The van der Waals surface area contributed by atoms with Crippen LogP contribution in [0.4, 0.5) is 0 Å². The fraction of sp³-hybridized carbons (Fsp3) is 0.240. The largest absolute Gasteiger partial charge is 0.497 e. The maximum Gasteiger partial charge on any atom is 0.271 e. The first kappa shape index (κ1) is 21.8. The number of hydrogen-bond acceptors (Lipinski definition) is 5. The molecule has 1 amide bonds. The van der Waals surface area contributed by atoms with Crippen molar-refractivity contribution in [3.63, 3.8) is 0 Å². The van der Waals surface area contributed by atoms with Crippen molar-refractivity contribution in [3.05, 3.63) is 82.9 Å². The second-order valence-corrected chi connectivity index (χ2v) is 8.98. The lowest BCUT2D eigenvalue weighted by atomic mass is 9.96. The summed E-state index contributed by atoms with van der Waals surface area (Å²) in [4.78, 5) is 31.2. The van der Waals surface area contributed by atoms with Crippen molar-refractivity contribution >= 4 is 27.5 Å². The summed E-state index contributed by atoms with van der Waals surface area (Å²) in [5.74, 6) is 0.766. The Morgan fingerprint density at radius 3 is 2.50 bits per heavy atom. The zero-order valence-electron chi connectivity index (χ0n) is 18.2. The molecule has 0 bridgehead atoms. The third-order valence-electron chi connectivity index (χ3n) is 5.33. The molecule has 0 aliphatic carbocycles. The van der Waals surface area contributed by atoms with Crippen LogP contribution in [-0.2, 0) is 11.3 Å². The quantitative estimate of drug-likeness (QED) is 0.448. The van der Waals surface area contributed by atoms with Crippen molar-refractivity contribution < 1.29 is 9.53 Å². The first-order valence-electron chi connectivity index (χ1n) is 10.4. The van der Waals surface area contributed by atoms with Gasteiger partial charge in [0.25, 0.3) is 5.56 Å². The summed E-state index contributed by atoms with van der Waals surface area (Å²) >= 11 is 1.38. The summed E-state index contributed by atoms with van der Waals surface area (Å²) in [6.07, 6.45) is 1.45. The van der Waals surface area contributed by atoms with Crippen LogP contribution in [0, 0.1) is 5.92 Å². The molecule has 1 N–H and O–H groups in total. The summed E-state index contributed by atoms with van der Waals surface area (Å²) < 4.78 is 7.11. The minimum atomic E-state index is -0.220. The predicted molar refractivity (Wildman–Crippen MR) is 128 cm³/mol. The van der Waals surface area contributed by atoms with Crippen LogP contribution in [0.2, 0.25) is 0 Å². The van der Waals surface area contributed by atoms with Crippen molar-refractivity contribution in [1.29, 1.82) is 0 Å². The lowest BCUT2D eigenvalue weighted by Gasteiger charge is -2.23. The molecule has 164 valence electrons. The van der Waals surface area contributed by atoms with Gasteiger partial charge < -0.3 is 10.1 Å². The lowest BCUT2D eigenvalue weighted by molar-refractivity contribution is -0.122. The molecule has 6 nitrogen and oxygen atoms in total. The Kier molecular flexibility index (Phi) is 6.37. The molecular weight excluding hydrogens is 422 g/mol. The van der Waals surface area contributed by atoms with Crippen LogP contribution in [0.3, 0.4) is 0 Å². The van der Waals surface area contributed by atoms with Gasteiger partial charge in [-0.3, -0.25) is 14.2 Å². The number of methoxy groups -OCH3 is 1. The lowest BCUT2D eigenvalue weighted by Crippen LogP contribution is -2.36. The Labute approximate surface area is 190 Å². The number of nitrogens with zero attached hydrogens (tertiary/aromatic N) is 2. The normalized spacial score (nSPS) is 12.1. The van der Waals surface area contributed by atoms with Crippen molar-refractivity contribution in [2.45, 2.75) is 26.4 Å². The fourth-order valence-corrected chi connectivity index (χ4v) is 4.69. The number of carbonyl (C=O) groups excluding carboxylic acids is 1. The van der Waals surface area contributed by atoms with E-state index in [2.05, 4.69) is 24.1 Å². The summed E-state index contributed by atoms with van der Waals surface area (Å²) in [6, 6.07) is 19.3. The monoisotopic (exact) mass is 447 g/mol. The highest BCUT2D eigenvalue weighted by molar-refractivity contribution is 7.22. The van der Waals surface area contributed by atoms with Crippen LogP contribution in [0.15, 0.2) is 71.8 Å². The topological polar surface area (TPSA) is 73.2 Å². The minimum absolute atomic E-state index is 0.0758. The molecular formula is C25H25N3O3S. The van der Waals surface area contributed by atoms with E-state index in [1.807, 2.05) is 60.7 Å². The molecule has 2 heterocycles. The number of rotatable bonds is 7. The maximum absolute atomic E-state index is 13.0. The Morgan fingerprint density at radius 1 is 1.12 bits per heavy atom. The summed E-state index contributed by atoms with van der Waals surface area (Å²) in [7, 11) is 1.63. The first-order valence-corrected chi connectivity index (χ1v) is 11.3. The molecule has 2 aromatic heterocycles. The smallest absolute Gasteiger partial charge is 0.271 e. The van der Waals surface area contributed by atoms with Gasteiger partial charge in [-0.05, 0) is 47.4 Å². The maximum atomic E-state index is 13.0. The number of ether oxygens (including phenoxy) is 1. The van der Waals surface area contributed by atoms with Crippen molar-refractivity contribution in [2.24, 2.45) is 5.92 Å². The van der Waals surface area contributed by atoms with Gasteiger partial charge >= 0.3 is 0 Å². The number of hydrogen-bond donors (Lipinski definition) is 1.